The Morgan fingerprint density at radius 2 is 1.85 bits per heavy atom. The van der Waals surface area contributed by atoms with Crippen molar-refractivity contribution in [2.45, 2.75) is 70.2 Å². The number of piperidine rings is 1. The number of carbonyl (C=O) groups excluding carboxylic acids is 3. The van der Waals surface area contributed by atoms with Crippen LogP contribution in [0, 0.1) is 6.92 Å². The minimum atomic E-state index is -4.05. The molecule has 0 aliphatic carbocycles. The van der Waals surface area contributed by atoms with Crippen molar-refractivity contribution in [1.29, 1.82) is 0 Å². The van der Waals surface area contributed by atoms with Gasteiger partial charge in [0.1, 0.15) is 16.5 Å². The molecule has 11 nitrogen and oxygen atoms in total. The second-order valence-electron chi connectivity index (χ2n) is 11.2. The lowest BCUT2D eigenvalue weighted by molar-refractivity contribution is -0.132. The summed E-state index contributed by atoms with van der Waals surface area (Å²) < 4.78 is 35.0. The number of ether oxygens (including phenoxy) is 1. The second kappa shape index (κ2) is 10.2. The van der Waals surface area contributed by atoms with Crippen molar-refractivity contribution in [2.24, 2.45) is 0 Å². The standard InChI is InChI=1S/C27H32ClN5O6S/c1-17-29-15-21-16-31(25(35)32(17)21)20-7-10-30(11-8-20)23(34)9-12-40(37,38)24-14-18-13-19(28)5-6-22(18)33(24)26(36)39-27(2,3)4/h5-6,13-15,20H,7-12,16H2,1-4H3. The monoisotopic (exact) mass is 589 g/mol. The number of hydrogen-bond acceptors (Lipinski definition) is 7. The van der Waals surface area contributed by atoms with Crippen molar-refractivity contribution in [1.82, 2.24) is 23.9 Å². The van der Waals surface area contributed by atoms with E-state index in [4.69, 9.17) is 16.3 Å². The zero-order valence-electron chi connectivity index (χ0n) is 22.9. The van der Waals surface area contributed by atoms with Crippen LogP contribution in [0.5, 0.6) is 0 Å². The van der Waals surface area contributed by atoms with Crippen molar-refractivity contribution < 1.29 is 27.5 Å². The first-order valence-corrected chi connectivity index (χ1v) is 15.2. The van der Waals surface area contributed by atoms with Gasteiger partial charge in [0.05, 0.1) is 29.7 Å². The molecule has 2 aliphatic heterocycles. The van der Waals surface area contributed by atoms with Gasteiger partial charge in [-0.1, -0.05) is 11.6 Å². The van der Waals surface area contributed by atoms with E-state index in [9.17, 15) is 22.8 Å². The van der Waals surface area contributed by atoms with Gasteiger partial charge in [-0.25, -0.2) is 27.6 Å². The van der Waals surface area contributed by atoms with Crippen LogP contribution < -0.4 is 0 Å². The fourth-order valence-corrected chi connectivity index (χ4v) is 6.91. The van der Waals surface area contributed by atoms with E-state index < -0.39 is 27.3 Å². The topological polar surface area (TPSA) is 124 Å². The van der Waals surface area contributed by atoms with Crippen LogP contribution in [-0.2, 0) is 25.9 Å². The molecule has 0 saturated carbocycles. The van der Waals surface area contributed by atoms with Crippen molar-refractivity contribution in [3.05, 3.63) is 47.0 Å². The number of aryl methyl sites for hydroxylation is 1. The van der Waals surface area contributed by atoms with Gasteiger partial charge in [-0.2, -0.15) is 0 Å². The van der Waals surface area contributed by atoms with E-state index in [0.29, 0.717) is 54.2 Å². The normalized spacial score (nSPS) is 16.6. The summed E-state index contributed by atoms with van der Waals surface area (Å²) in [7, 11) is -4.05. The number of carbonyl (C=O) groups is 3. The first-order chi connectivity index (χ1) is 18.7. The quantitative estimate of drug-likeness (QED) is 0.436. The number of nitrogens with zero attached hydrogens (tertiary/aromatic N) is 5. The van der Waals surface area contributed by atoms with Crippen molar-refractivity contribution >= 4 is 50.4 Å². The zero-order chi connectivity index (χ0) is 29.0. The fourth-order valence-electron chi connectivity index (χ4n) is 5.32. The predicted molar refractivity (Wildman–Crippen MR) is 148 cm³/mol. The molecule has 40 heavy (non-hydrogen) atoms. The molecule has 0 atom stereocenters. The Labute approximate surface area is 237 Å². The first-order valence-electron chi connectivity index (χ1n) is 13.1. The van der Waals surface area contributed by atoms with E-state index in [-0.39, 0.29) is 29.4 Å². The van der Waals surface area contributed by atoms with E-state index >= 15 is 0 Å². The van der Waals surface area contributed by atoms with Gasteiger partial charge >= 0.3 is 12.1 Å². The zero-order valence-corrected chi connectivity index (χ0v) is 24.5. The van der Waals surface area contributed by atoms with Crippen LogP contribution in [0.4, 0.5) is 9.59 Å². The van der Waals surface area contributed by atoms with Gasteiger partial charge in [-0.15, -0.1) is 0 Å². The molecule has 0 N–H and O–H groups in total. The number of halogens is 1. The molecule has 0 spiro atoms. The Kier molecular flexibility index (Phi) is 7.20. The summed E-state index contributed by atoms with van der Waals surface area (Å²) in [4.78, 5) is 46.6. The van der Waals surface area contributed by atoms with E-state index in [1.807, 2.05) is 4.90 Å². The van der Waals surface area contributed by atoms with Crippen LogP contribution in [0.25, 0.3) is 10.9 Å². The number of hydrogen-bond donors (Lipinski definition) is 0. The van der Waals surface area contributed by atoms with Crippen molar-refractivity contribution in [3.8, 4) is 0 Å². The van der Waals surface area contributed by atoms with Gasteiger partial charge in [0.15, 0.2) is 9.84 Å². The minimum Gasteiger partial charge on any atom is -0.443 e. The highest BCUT2D eigenvalue weighted by molar-refractivity contribution is 7.91. The van der Waals surface area contributed by atoms with Crippen molar-refractivity contribution in [3.63, 3.8) is 0 Å². The molecule has 1 saturated heterocycles. The van der Waals surface area contributed by atoms with Gasteiger partial charge in [0.2, 0.25) is 5.91 Å². The Bertz CT molecular complexity index is 1610. The molecule has 0 radical (unpaired) electrons. The average molecular weight is 590 g/mol. The molecule has 2 aromatic heterocycles. The number of benzene rings is 1. The molecule has 13 heteroatoms. The molecular weight excluding hydrogens is 558 g/mol. The largest absolute Gasteiger partial charge is 0.443 e. The Morgan fingerprint density at radius 3 is 2.50 bits per heavy atom. The Hall–Kier alpha value is -3.38. The molecule has 0 unspecified atom stereocenters. The summed E-state index contributed by atoms with van der Waals surface area (Å²) in [6, 6.07) is 6.00. The first kappa shape index (κ1) is 28.2. The maximum Gasteiger partial charge on any atom is 0.420 e. The summed E-state index contributed by atoms with van der Waals surface area (Å²) in [6.45, 7) is 8.22. The molecule has 5 rings (SSSR count). The summed E-state index contributed by atoms with van der Waals surface area (Å²) in [6.07, 6.45) is 1.86. The highest BCUT2D eigenvalue weighted by Crippen LogP contribution is 2.29. The lowest BCUT2D eigenvalue weighted by Crippen LogP contribution is -2.47. The predicted octanol–water partition coefficient (Wildman–Crippen LogP) is 4.22. The average Bonchev–Trinajstić information content (AvgIpc) is 3.54. The number of likely N-dealkylation sites (tertiary alicyclic amines) is 1. The third-order valence-electron chi connectivity index (χ3n) is 7.25. The third-order valence-corrected chi connectivity index (χ3v) is 9.16. The molecule has 1 aromatic carbocycles. The smallest absolute Gasteiger partial charge is 0.420 e. The number of fused-ring (bicyclic) bond motifs is 2. The summed E-state index contributed by atoms with van der Waals surface area (Å²) in [5, 5.41) is 0.624. The summed E-state index contributed by atoms with van der Waals surface area (Å²) in [5.74, 6) is -0.0977. The van der Waals surface area contributed by atoms with Crippen LogP contribution in [0.15, 0.2) is 35.5 Å². The summed E-state index contributed by atoms with van der Waals surface area (Å²) >= 11 is 6.10. The van der Waals surface area contributed by atoms with Crippen LogP contribution in [0.2, 0.25) is 5.02 Å². The molecular formula is C27H32ClN5O6S. The van der Waals surface area contributed by atoms with Gasteiger partial charge in [-0.05, 0) is 64.8 Å². The lowest BCUT2D eigenvalue weighted by atomic mass is 10.0. The van der Waals surface area contributed by atoms with Crippen LogP contribution >= 0.6 is 11.6 Å². The van der Waals surface area contributed by atoms with Crippen LogP contribution in [-0.4, -0.2) is 80.9 Å². The molecule has 4 heterocycles. The van der Waals surface area contributed by atoms with Gasteiger partial charge in [0, 0.05) is 36.0 Å². The van der Waals surface area contributed by atoms with E-state index in [0.717, 1.165) is 10.3 Å². The van der Waals surface area contributed by atoms with Crippen molar-refractivity contribution in [2.75, 3.05) is 18.8 Å². The van der Waals surface area contributed by atoms with Gasteiger partial charge in [0.25, 0.3) is 0 Å². The Morgan fingerprint density at radius 1 is 1.15 bits per heavy atom. The third kappa shape index (κ3) is 5.34. The molecule has 214 valence electrons. The number of rotatable bonds is 5. The molecule has 3 aromatic rings. The number of aromatic nitrogens is 3. The molecule has 2 amide bonds. The van der Waals surface area contributed by atoms with E-state index in [2.05, 4.69) is 4.98 Å². The van der Waals surface area contributed by atoms with Crippen LogP contribution in [0.1, 0.15) is 51.6 Å². The lowest BCUT2D eigenvalue weighted by Gasteiger charge is -2.36. The highest BCUT2D eigenvalue weighted by Gasteiger charge is 2.37. The number of sulfone groups is 1. The Balaban J connectivity index is 1.25. The van der Waals surface area contributed by atoms with E-state index in [1.54, 1.807) is 61.6 Å². The summed E-state index contributed by atoms with van der Waals surface area (Å²) in [5.41, 5.74) is 0.361. The fraction of sp³-hybridized carbons (Fsp3) is 0.481. The van der Waals surface area contributed by atoms with Crippen LogP contribution in [0.3, 0.4) is 0 Å². The maximum absolute atomic E-state index is 13.5. The number of imidazole rings is 1. The minimum absolute atomic E-state index is 0.00376. The highest BCUT2D eigenvalue weighted by atomic mass is 35.5. The SMILES string of the molecule is Cc1ncc2n1C(=O)N(C1CCN(C(=O)CCS(=O)(=O)c3cc4cc(Cl)ccc4n3C(=O)OC(C)(C)C)CC1)C2. The van der Waals surface area contributed by atoms with E-state index in [1.165, 1.54) is 6.07 Å². The number of amides is 2. The second-order valence-corrected chi connectivity index (χ2v) is 13.7. The molecule has 2 aliphatic rings. The molecule has 0 bridgehead atoms. The van der Waals surface area contributed by atoms with Gasteiger partial charge < -0.3 is 14.5 Å². The maximum atomic E-state index is 13.5. The van der Waals surface area contributed by atoms with Gasteiger partial charge in [-0.3, -0.25) is 9.36 Å². The molecule has 1 fully saturated rings.